The summed E-state index contributed by atoms with van der Waals surface area (Å²) in [6.07, 6.45) is 0. The normalized spacial score (nSPS) is 13.5. The van der Waals surface area contributed by atoms with Gasteiger partial charge in [-0.1, -0.05) is 97.1 Å². The van der Waals surface area contributed by atoms with E-state index in [0.29, 0.717) is 95.0 Å². The molecule has 0 atom stereocenters. The number of methoxy groups -OCH3 is 2. The van der Waals surface area contributed by atoms with E-state index in [0.717, 1.165) is 60.2 Å². The lowest BCUT2D eigenvalue weighted by Gasteiger charge is -2.41. The molecule has 15 nitrogen and oxygen atoms in total. The molecular formula is C60H66Cl2N6O9. The molecule has 2 aromatic heterocycles. The van der Waals surface area contributed by atoms with E-state index in [9.17, 15) is 19.2 Å². The number of hydrazine groups is 2. The van der Waals surface area contributed by atoms with Gasteiger partial charge < -0.3 is 33.6 Å². The Morgan fingerprint density at radius 2 is 0.818 bits per heavy atom. The molecule has 0 aliphatic carbocycles. The number of rotatable bonds is 12. The third-order valence-corrected chi connectivity index (χ3v) is 13.9. The Bertz CT molecular complexity index is 3190. The van der Waals surface area contributed by atoms with Crippen molar-refractivity contribution in [3.63, 3.8) is 0 Å². The van der Waals surface area contributed by atoms with Gasteiger partial charge in [0, 0.05) is 87.7 Å². The SMILES string of the molecule is CCN(C(=O)c1cccc2c(=O)c(C)c(-c3ccccc3)oc12)N1CCN(c2ccccc2OC)CC1.CCN(C(=O)c1cccc2c(=O)c(C)c(-c3ccccc3)oc12)N1CCN(c2ccccc2OC)CC1.Cl.Cl.O. The lowest BCUT2D eigenvalue weighted by molar-refractivity contribution is -0.0108. The summed E-state index contributed by atoms with van der Waals surface area (Å²) in [7, 11) is 3.36. The summed E-state index contributed by atoms with van der Waals surface area (Å²) in [6, 6.07) is 45.5. The Morgan fingerprint density at radius 1 is 0.481 bits per heavy atom. The number of halogens is 2. The zero-order valence-corrected chi connectivity index (χ0v) is 45.8. The molecule has 2 amide bonds. The van der Waals surface area contributed by atoms with Crippen molar-refractivity contribution >= 4 is 69.9 Å². The number of piperazine rings is 2. The molecule has 404 valence electrons. The Kier molecular flexibility index (Phi) is 20.1. The van der Waals surface area contributed by atoms with E-state index in [1.807, 2.05) is 111 Å². The maximum atomic E-state index is 13.9. The first-order valence-corrected chi connectivity index (χ1v) is 25.2. The Morgan fingerprint density at radius 3 is 1.16 bits per heavy atom. The molecule has 8 aromatic rings. The highest BCUT2D eigenvalue weighted by atomic mass is 35.5. The second-order valence-corrected chi connectivity index (χ2v) is 18.1. The van der Waals surface area contributed by atoms with Gasteiger partial charge in [-0.25, -0.2) is 10.0 Å². The number of nitrogens with zero attached hydrogens (tertiary/aromatic N) is 6. The summed E-state index contributed by atoms with van der Waals surface area (Å²) in [4.78, 5) is 58.8. The Balaban J connectivity index is 0.000000240. The van der Waals surface area contributed by atoms with Crippen molar-refractivity contribution in [1.29, 1.82) is 0 Å². The van der Waals surface area contributed by atoms with E-state index in [1.54, 1.807) is 74.5 Å². The van der Waals surface area contributed by atoms with Crippen molar-refractivity contribution in [1.82, 2.24) is 20.0 Å². The average molecular weight is 1090 g/mol. The zero-order chi connectivity index (χ0) is 51.9. The first-order chi connectivity index (χ1) is 36.1. The highest BCUT2D eigenvalue weighted by molar-refractivity contribution is 6.06. The van der Waals surface area contributed by atoms with Gasteiger partial charge in [-0.3, -0.25) is 29.2 Å². The molecule has 2 N–H and O–H groups in total. The van der Waals surface area contributed by atoms with Crippen molar-refractivity contribution in [2.45, 2.75) is 27.7 Å². The number of fused-ring (bicyclic) bond motifs is 2. The van der Waals surface area contributed by atoms with Crippen molar-refractivity contribution < 1.29 is 33.4 Å². The number of hydrogen-bond donors (Lipinski definition) is 0. The summed E-state index contributed by atoms with van der Waals surface area (Å²) in [5.74, 6) is 2.32. The van der Waals surface area contributed by atoms with Crippen LogP contribution in [0.2, 0.25) is 0 Å². The van der Waals surface area contributed by atoms with Gasteiger partial charge in [0.2, 0.25) is 0 Å². The molecule has 2 aliphatic heterocycles. The van der Waals surface area contributed by atoms with Crippen molar-refractivity contribution in [3.05, 3.63) is 188 Å². The van der Waals surface area contributed by atoms with E-state index in [4.69, 9.17) is 18.3 Å². The fraction of sp³-hybridized carbons (Fsp3) is 0.267. The predicted molar refractivity (Wildman–Crippen MR) is 310 cm³/mol. The fourth-order valence-electron chi connectivity index (χ4n) is 10.0. The second kappa shape index (κ2) is 26.4. The van der Waals surface area contributed by atoms with Crippen LogP contribution in [0.25, 0.3) is 44.6 Å². The lowest BCUT2D eigenvalue weighted by atomic mass is 10.0. The third-order valence-electron chi connectivity index (χ3n) is 13.9. The minimum Gasteiger partial charge on any atom is -0.495 e. The maximum absolute atomic E-state index is 13.9. The van der Waals surface area contributed by atoms with Crippen LogP contribution in [0.3, 0.4) is 0 Å². The van der Waals surface area contributed by atoms with Crippen LogP contribution in [-0.4, -0.2) is 117 Å². The monoisotopic (exact) mass is 1080 g/mol. The average Bonchev–Trinajstić information content (AvgIpc) is 3.48. The van der Waals surface area contributed by atoms with Crippen LogP contribution < -0.4 is 30.1 Å². The molecule has 17 heteroatoms. The summed E-state index contributed by atoms with van der Waals surface area (Å²) < 4.78 is 23.7. The highest BCUT2D eigenvalue weighted by Crippen LogP contribution is 2.33. The summed E-state index contributed by atoms with van der Waals surface area (Å²) in [5.41, 5.74) is 5.97. The number of carbonyl (C=O) groups excluding carboxylic acids is 2. The van der Waals surface area contributed by atoms with Gasteiger partial charge in [0.1, 0.15) is 23.0 Å². The van der Waals surface area contributed by atoms with Gasteiger partial charge in [-0.05, 0) is 76.2 Å². The number of anilines is 2. The lowest BCUT2D eigenvalue weighted by Crippen LogP contribution is -2.55. The standard InChI is InChI=1S/2C30H31N3O4.2ClH.H2O/c2*1-4-33(32-19-17-31(18-20-32)25-15-8-9-16-26(25)36-3)30(35)24-14-10-13-23-27(34)21(2)28(37-29(23)24)22-11-6-5-7-12-22;;;/h2*5-16H,4,17-20H2,1-3H3;2*1H;1H2. The Hall–Kier alpha value is -7.66. The number of hydrogen-bond acceptors (Lipinski definition) is 12. The van der Waals surface area contributed by atoms with Crippen LogP contribution in [-0.2, 0) is 0 Å². The summed E-state index contributed by atoms with van der Waals surface area (Å²) in [6.45, 7) is 14.2. The molecule has 0 radical (unpaired) electrons. The van der Waals surface area contributed by atoms with Crippen LogP contribution in [0.15, 0.2) is 164 Å². The predicted octanol–water partition coefficient (Wildman–Crippen LogP) is 9.97. The van der Waals surface area contributed by atoms with E-state index in [2.05, 4.69) is 32.0 Å². The molecule has 4 heterocycles. The first-order valence-electron chi connectivity index (χ1n) is 25.2. The number of para-hydroxylation sites is 6. The molecule has 0 bridgehead atoms. The number of benzene rings is 6. The molecule has 10 rings (SSSR count). The molecule has 0 spiro atoms. The zero-order valence-electron chi connectivity index (χ0n) is 44.2. The molecule has 77 heavy (non-hydrogen) atoms. The molecule has 0 unspecified atom stereocenters. The number of carbonyl (C=O) groups is 2. The molecule has 2 saturated heterocycles. The third kappa shape index (κ3) is 12.0. The van der Waals surface area contributed by atoms with E-state index >= 15 is 0 Å². The van der Waals surface area contributed by atoms with Crippen molar-refractivity contribution in [2.75, 3.05) is 89.5 Å². The summed E-state index contributed by atoms with van der Waals surface area (Å²) >= 11 is 0. The smallest absolute Gasteiger partial charge is 0.271 e. The van der Waals surface area contributed by atoms with Gasteiger partial charge in [0.15, 0.2) is 22.0 Å². The largest absolute Gasteiger partial charge is 0.495 e. The fourth-order valence-corrected chi connectivity index (χ4v) is 10.0. The van der Waals surface area contributed by atoms with Crippen LogP contribution in [0.1, 0.15) is 45.7 Å². The van der Waals surface area contributed by atoms with Crippen LogP contribution in [0, 0.1) is 13.8 Å². The van der Waals surface area contributed by atoms with E-state index in [1.165, 1.54) is 0 Å². The first kappa shape index (κ1) is 58.6. The van der Waals surface area contributed by atoms with E-state index < -0.39 is 0 Å². The van der Waals surface area contributed by atoms with Gasteiger partial charge in [0.05, 0.1) is 47.5 Å². The molecule has 6 aromatic carbocycles. The van der Waals surface area contributed by atoms with Crippen LogP contribution >= 0.6 is 24.8 Å². The molecular weight excluding hydrogens is 1020 g/mol. The minimum atomic E-state index is -0.176. The second-order valence-electron chi connectivity index (χ2n) is 18.1. The summed E-state index contributed by atoms with van der Waals surface area (Å²) in [5, 5.41) is 8.52. The quantitative estimate of drug-likeness (QED) is 0.114. The van der Waals surface area contributed by atoms with Crippen molar-refractivity contribution in [2.24, 2.45) is 0 Å². The van der Waals surface area contributed by atoms with Crippen LogP contribution in [0.4, 0.5) is 11.4 Å². The molecule has 2 aliphatic rings. The van der Waals surface area contributed by atoms with Gasteiger partial charge in [-0.2, -0.15) is 0 Å². The minimum absolute atomic E-state index is 0. The molecule has 0 saturated carbocycles. The Labute approximate surface area is 460 Å². The highest BCUT2D eigenvalue weighted by Gasteiger charge is 2.31. The van der Waals surface area contributed by atoms with Crippen LogP contribution in [0.5, 0.6) is 11.5 Å². The van der Waals surface area contributed by atoms with E-state index in [-0.39, 0.29) is 53.0 Å². The van der Waals surface area contributed by atoms with Gasteiger partial charge in [-0.15, -0.1) is 24.8 Å². The van der Waals surface area contributed by atoms with Crippen molar-refractivity contribution in [3.8, 4) is 34.1 Å². The van der Waals surface area contributed by atoms with Gasteiger partial charge in [0.25, 0.3) is 11.8 Å². The molecule has 2 fully saturated rings. The number of ether oxygens (including phenoxy) is 2. The number of amides is 2. The van der Waals surface area contributed by atoms with Gasteiger partial charge >= 0.3 is 0 Å². The maximum Gasteiger partial charge on any atom is 0.271 e. The topological polar surface area (TPSA) is 164 Å².